The minimum atomic E-state index is 0.189. The predicted octanol–water partition coefficient (Wildman–Crippen LogP) is 4.37. The van der Waals surface area contributed by atoms with Crippen LogP contribution in [0.2, 0.25) is 0 Å². The minimum Gasteiger partial charge on any atom is -0.467 e. The molecule has 0 spiro atoms. The Kier molecular flexibility index (Phi) is 3.53. The second kappa shape index (κ2) is 4.91. The van der Waals surface area contributed by atoms with Crippen molar-refractivity contribution in [3.8, 4) is 0 Å². The molecule has 1 aromatic heterocycles. The van der Waals surface area contributed by atoms with Gasteiger partial charge in [-0.3, -0.25) is 0 Å². The van der Waals surface area contributed by atoms with E-state index in [4.69, 9.17) is 4.42 Å². The Morgan fingerprint density at radius 1 is 1.31 bits per heavy atom. The maximum absolute atomic E-state index is 5.37. The molecule has 0 aliphatic carbocycles. The summed E-state index contributed by atoms with van der Waals surface area (Å²) in [7, 11) is 0. The third-order valence-electron chi connectivity index (χ3n) is 2.53. The molecule has 0 bridgehead atoms. The predicted molar refractivity (Wildman–Crippen MR) is 74.6 cm³/mol. The molecule has 0 aliphatic rings. The van der Waals surface area contributed by atoms with Gasteiger partial charge in [-0.05, 0) is 72.3 Å². The van der Waals surface area contributed by atoms with Gasteiger partial charge in [-0.1, -0.05) is 0 Å². The van der Waals surface area contributed by atoms with E-state index in [1.165, 1.54) is 9.13 Å². The fourth-order valence-electron chi connectivity index (χ4n) is 1.63. The van der Waals surface area contributed by atoms with Crippen molar-refractivity contribution < 1.29 is 4.42 Å². The summed E-state index contributed by atoms with van der Waals surface area (Å²) >= 11 is 2.32. The summed E-state index contributed by atoms with van der Waals surface area (Å²) in [5.41, 5.74) is 2.41. The highest BCUT2D eigenvalue weighted by Crippen LogP contribution is 2.23. The Balaban J connectivity index is 2.15. The SMILES string of the molecule is Cc1cc(I)ccc1NC(C)c1ccco1. The largest absolute Gasteiger partial charge is 0.467 e. The molecule has 0 fully saturated rings. The van der Waals surface area contributed by atoms with Crippen LogP contribution in [-0.2, 0) is 0 Å². The number of nitrogens with one attached hydrogen (secondary N) is 1. The summed E-state index contributed by atoms with van der Waals surface area (Å²) in [4.78, 5) is 0. The van der Waals surface area contributed by atoms with Crippen LogP contribution in [-0.4, -0.2) is 0 Å². The first kappa shape index (κ1) is 11.5. The fraction of sp³-hybridized carbons (Fsp3) is 0.231. The van der Waals surface area contributed by atoms with Crippen LogP contribution in [0.3, 0.4) is 0 Å². The summed E-state index contributed by atoms with van der Waals surface area (Å²) in [5, 5.41) is 3.44. The standard InChI is InChI=1S/C13H14INO/c1-9-8-11(14)5-6-12(9)15-10(2)13-4-3-7-16-13/h3-8,10,15H,1-2H3. The first-order valence-corrected chi connectivity index (χ1v) is 6.31. The first-order valence-electron chi connectivity index (χ1n) is 5.23. The zero-order valence-corrected chi connectivity index (χ0v) is 11.5. The molecule has 2 aromatic rings. The van der Waals surface area contributed by atoms with Crippen LogP contribution in [0.15, 0.2) is 41.0 Å². The molecule has 1 aromatic carbocycles. The minimum absolute atomic E-state index is 0.189. The number of halogens is 1. The third kappa shape index (κ3) is 2.58. The highest BCUT2D eigenvalue weighted by molar-refractivity contribution is 14.1. The van der Waals surface area contributed by atoms with Crippen LogP contribution < -0.4 is 5.32 Å². The summed E-state index contributed by atoms with van der Waals surface area (Å²) < 4.78 is 6.62. The van der Waals surface area contributed by atoms with Gasteiger partial charge in [-0.15, -0.1) is 0 Å². The van der Waals surface area contributed by atoms with Crippen LogP contribution in [0.25, 0.3) is 0 Å². The maximum atomic E-state index is 5.37. The van der Waals surface area contributed by atoms with Crippen molar-refractivity contribution in [3.05, 3.63) is 51.5 Å². The van der Waals surface area contributed by atoms with Crippen molar-refractivity contribution in [1.29, 1.82) is 0 Å². The first-order chi connectivity index (χ1) is 7.66. The summed E-state index contributed by atoms with van der Waals surface area (Å²) in [5.74, 6) is 0.956. The average molecular weight is 327 g/mol. The smallest absolute Gasteiger partial charge is 0.125 e. The molecule has 2 rings (SSSR count). The third-order valence-corrected chi connectivity index (χ3v) is 3.20. The van der Waals surface area contributed by atoms with Crippen LogP contribution >= 0.6 is 22.6 Å². The lowest BCUT2D eigenvalue weighted by molar-refractivity contribution is 0.490. The van der Waals surface area contributed by atoms with Gasteiger partial charge in [-0.25, -0.2) is 0 Å². The Labute approximate surface area is 109 Å². The van der Waals surface area contributed by atoms with Gasteiger partial charge in [0, 0.05) is 9.26 Å². The normalized spacial score (nSPS) is 12.4. The molecule has 0 saturated carbocycles. The highest BCUT2D eigenvalue weighted by Gasteiger charge is 2.08. The lowest BCUT2D eigenvalue weighted by Crippen LogP contribution is -2.06. The molecule has 1 heterocycles. The molecule has 0 aliphatic heterocycles. The van der Waals surface area contributed by atoms with Gasteiger partial charge in [0.05, 0.1) is 12.3 Å². The molecule has 2 nitrogen and oxygen atoms in total. The van der Waals surface area contributed by atoms with Gasteiger partial charge in [0.25, 0.3) is 0 Å². The molecule has 0 amide bonds. The quantitative estimate of drug-likeness (QED) is 0.847. The fourth-order valence-corrected chi connectivity index (χ4v) is 2.28. The van der Waals surface area contributed by atoms with E-state index in [2.05, 4.69) is 60.0 Å². The van der Waals surface area contributed by atoms with E-state index in [1.807, 2.05) is 12.1 Å². The molecule has 3 heteroatoms. The number of hydrogen-bond donors (Lipinski definition) is 1. The Morgan fingerprint density at radius 3 is 2.75 bits per heavy atom. The van der Waals surface area contributed by atoms with Crippen LogP contribution in [0, 0.1) is 10.5 Å². The topological polar surface area (TPSA) is 25.2 Å². The molecule has 84 valence electrons. The molecule has 0 saturated heterocycles. The summed E-state index contributed by atoms with van der Waals surface area (Å²) in [6.45, 7) is 4.20. The second-order valence-electron chi connectivity index (χ2n) is 3.84. The number of rotatable bonds is 3. The van der Waals surface area contributed by atoms with Crippen LogP contribution in [0.1, 0.15) is 24.3 Å². The Hall–Kier alpha value is -0.970. The molecule has 1 unspecified atom stereocenters. The van der Waals surface area contributed by atoms with E-state index >= 15 is 0 Å². The van der Waals surface area contributed by atoms with Crippen molar-refractivity contribution in [2.24, 2.45) is 0 Å². The van der Waals surface area contributed by atoms with Crippen molar-refractivity contribution >= 4 is 28.3 Å². The number of benzene rings is 1. The van der Waals surface area contributed by atoms with E-state index in [-0.39, 0.29) is 6.04 Å². The van der Waals surface area contributed by atoms with Crippen molar-refractivity contribution in [3.63, 3.8) is 0 Å². The maximum Gasteiger partial charge on any atom is 0.125 e. The van der Waals surface area contributed by atoms with E-state index in [1.54, 1.807) is 6.26 Å². The second-order valence-corrected chi connectivity index (χ2v) is 5.09. The van der Waals surface area contributed by atoms with E-state index < -0.39 is 0 Å². The van der Waals surface area contributed by atoms with Gasteiger partial charge in [-0.2, -0.15) is 0 Å². The van der Waals surface area contributed by atoms with E-state index in [0.717, 1.165) is 11.4 Å². The van der Waals surface area contributed by atoms with Crippen LogP contribution in [0.4, 0.5) is 5.69 Å². The lowest BCUT2D eigenvalue weighted by atomic mass is 10.1. The van der Waals surface area contributed by atoms with E-state index in [9.17, 15) is 0 Å². The van der Waals surface area contributed by atoms with Gasteiger partial charge >= 0.3 is 0 Å². The molecular weight excluding hydrogens is 313 g/mol. The highest BCUT2D eigenvalue weighted by atomic mass is 127. The van der Waals surface area contributed by atoms with Crippen LogP contribution in [0.5, 0.6) is 0 Å². The monoisotopic (exact) mass is 327 g/mol. The molecule has 1 N–H and O–H groups in total. The average Bonchev–Trinajstić information content (AvgIpc) is 2.75. The Morgan fingerprint density at radius 2 is 2.12 bits per heavy atom. The van der Waals surface area contributed by atoms with Gasteiger partial charge in [0.2, 0.25) is 0 Å². The molecule has 16 heavy (non-hydrogen) atoms. The zero-order valence-electron chi connectivity index (χ0n) is 9.33. The Bertz CT molecular complexity index is 465. The lowest BCUT2D eigenvalue weighted by Gasteiger charge is -2.15. The van der Waals surface area contributed by atoms with Gasteiger partial charge in [0.1, 0.15) is 5.76 Å². The van der Waals surface area contributed by atoms with Gasteiger partial charge in [0.15, 0.2) is 0 Å². The number of hydrogen-bond acceptors (Lipinski definition) is 2. The number of aryl methyl sites for hydroxylation is 1. The molecule has 1 atom stereocenters. The van der Waals surface area contributed by atoms with Crippen molar-refractivity contribution in [1.82, 2.24) is 0 Å². The number of furan rings is 1. The summed E-state index contributed by atoms with van der Waals surface area (Å²) in [6.07, 6.45) is 1.70. The van der Waals surface area contributed by atoms with Crippen molar-refractivity contribution in [2.75, 3.05) is 5.32 Å². The van der Waals surface area contributed by atoms with Gasteiger partial charge < -0.3 is 9.73 Å². The zero-order chi connectivity index (χ0) is 11.5. The molecule has 0 radical (unpaired) electrons. The summed E-state index contributed by atoms with van der Waals surface area (Å²) in [6, 6.07) is 10.5. The van der Waals surface area contributed by atoms with Crippen molar-refractivity contribution in [2.45, 2.75) is 19.9 Å². The molecular formula is C13H14INO. The van der Waals surface area contributed by atoms with E-state index in [0.29, 0.717) is 0 Å². The number of anilines is 1.